The third-order valence-electron chi connectivity index (χ3n) is 3.71. The maximum atomic E-state index is 11.2. The van der Waals surface area contributed by atoms with Crippen molar-refractivity contribution in [1.82, 2.24) is 5.32 Å². The third-order valence-corrected chi connectivity index (χ3v) is 3.71. The number of rotatable bonds is 15. The van der Waals surface area contributed by atoms with Crippen molar-refractivity contribution in [1.29, 1.82) is 0 Å². The summed E-state index contributed by atoms with van der Waals surface area (Å²) >= 11 is 0. The molecule has 0 saturated heterocycles. The summed E-state index contributed by atoms with van der Waals surface area (Å²) in [5, 5.41) is 3.32. The zero-order valence-corrected chi connectivity index (χ0v) is 15.2. The molecule has 3 nitrogen and oxygen atoms in total. The molecule has 0 aliphatic heterocycles. The molecule has 0 spiro atoms. The normalized spacial score (nSPS) is 11.6. The van der Waals surface area contributed by atoms with Gasteiger partial charge in [-0.3, -0.25) is 0 Å². The maximum Gasteiger partial charge on any atom is 0.333 e. The van der Waals surface area contributed by atoms with Gasteiger partial charge in [-0.1, -0.05) is 64.2 Å². The van der Waals surface area contributed by atoms with Crippen molar-refractivity contribution in [3.05, 3.63) is 37.1 Å². The zero-order chi connectivity index (χ0) is 17.5. The predicted molar refractivity (Wildman–Crippen MR) is 99.3 cm³/mol. The van der Waals surface area contributed by atoms with Crippen molar-refractivity contribution in [2.24, 2.45) is 0 Å². The Morgan fingerprint density at radius 2 is 1.52 bits per heavy atom. The first-order valence-electron chi connectivity index (χ1n) is 8.84. The van der Waals surface area contributed by atoms with E-state index in [2.05, 4.69) is 25.1 Å². The molecule has 1 N–H and O–H groups in total. The van der Waals surface area contributed by atoms with Gasteiger partial charge >= 0.3 is 5.97 Å². The molecular weight excluding hydrogens is 286 g/mol. The Bertz CT molecular complexity index is 374. The van der Waals surface area contributed by atoms with Crippen LogP contribution < -0.4 is 5.32 Å². The number of carbonyl (C=O) groups excluding carboxylic acids is 1. The fourth-order valence-electron chi connectivity index (χ4n) is 2.38. The van der Waals surface area contributed by atoms with E-state index in [-0.39, 0.29) is 5.97 Å². The topological polar surface area (TPSA) is 38.3 Å². The molecule has 0 bridgehead atoms. The summed E-state index contributed by atoms with van der Waals surface area (Å²) in [6, 6.07) is 0.356. The molecule has 0 aromatic carbocycles. The first kappa shape index (κ1) is 21.5. The summed E-state index contributed by atoms with van der Waals surface area (Å²) in [5.74, 6) is -0.274. The average Bonchev–Trinajstić information content (AvgIpc) is 2.50. The molecule has 0 aromatic rings. The second kappa shape index (κ2) is 14.1. The highest BCUT2D eigenvalue weighted by Crippen LogP contribution is 2.11. The van der Waals surface area contributed by atoms with E-state index in [1.54, 1.807) is 6.92 Å². The molecule has 0 heterocycles. The van der Waals surface area contributed by atoms with E-state index in [4.69, 9.17) is 4.74 Å². The maximum absolute atomic E-state index is 11.2. The minimum absolute atomic E-state index is 0.274. The van der Waals surface area contributed by atoms with Crippen molar-refractivity contribution < 1.29 is 9.53 Å². The van der Waals surface area contributed by atoms with E-state index in [0.717, 1.165) is 25.0 Å². The van der Waals surface area contributed by atoms with E-state index in [0.29, 0.717) is 18.2 Å². The number of allylic oxidation sites excluding steroid dienone is 1. The number of unbranched alkanes of at least 4 members (excludes halogenated alkanes) is 7. The number of hydrogen-bond donors (Lipinski definition) is 1. The second-order valence-electron chi connectivity index (χ2n) is 6.30. The molecule has 0 saturated carbocycles. The monoisotopic (exact) mass is 321 g/mol. The number of nitrogens with one attached hydrogen (secondary N) is 1. The Morgan fingerprint density at radius 3 is 2.00 bits per heavy atom. The molecule has 0 radical (unpaired) electrons. The van der Waals surface area contributed by atoms with E-state index < -0.39 is 0 Å². The highest BCUT2D eigenvalue weighted by atomic mass is 16.5. The summed E-state index contributed by atoms with van der Waals surface area (Å²) in [6.07, 6.45) is 12.8. The molecule has 0 aliphatic carbocycles. The lowest BCUT2D eigenvalue weighted by atomic mass is 10.0. The van der Waals surface area contributed by atoms with Crippen molar-refractivity contribution >= 4 is 5.97 Å². The molecular formula is C20H35NO2. The number of ether oxygens (including phenoxy) is 1. The van der Waals surface area contributed by atoms with Gasteiger partial charge in [0.1, 0.15) is 0 Å². The Labute approximate surface area is 142 Å². The molecule has 0 amide bonds. The standard InChI is InChI=1S/C20H35NO2/c1-6-19(21-18(4)5)15-13-11-9-7-8-10-12-14-16-23-20(22)17(2)3/h6,19,21H,1-2,4,7-16H2,3,5H3. The molecule has 1 atom stereocenters. The van der Waals surface area contributed by atoms with Gasteiger partial charge in [0.15, 0.2) is 0 Å². The van der Waals surface area contributed by atoms with Gasteiger partial charge in [-0.05, 0) is 26.7 Å². The van der Waals surface area contributed by atoms with Crippen LogP contribution in [-0.4, -0.2) is 18.6 Å². The van der Waals surface area contributed by atoms with Crippen molar-refractivity contribution in [2.45, 2.75) is 77.7 Å². The first-order valence-corrected chi connectivity index (χ1v) is 8.84. The van der Waals surface area contributed by atoms with Gasteiger partial charge in [0.05, 0.1) is 6.61 Å². The second-order valence-corrected chi connectivity index (χ2v) is 6.30. The van der Waals surface area contributed by atoms with Crippen molar-refractivity contribution in [2.75, 3.05) is 6.61 Å². The first-order chi connectivity index (χ1) is 11.0. The molecule has 0 rings (SSSR count). The van der Waals surface area contributed by atoms with Gasteiger partial charge < -0.3 is 10.1 Å². The fraction of sp³-hybridized carbons (Fsp3) is 0.650. The van der Waals surface area contributed by atoms with Crippen LogP contribution >= 0.6 is 0 Å². The Morgan fingerprint density at radius 1 is 1.00 bits per heavy atom. The van der Waals surface area contributed by atoms with Crippen LogP contribution in [0.1, 0.15) is 71.6 Å². The summed E-state index contributed by atoms with van der Waals surface area (Å²) in [6.45, 7) is 15.5. The van der Waals surface area contributed by atoms with Crippen LogP contribution in [0.5, 0.6) is 0 Å². The lowest BCUT2D eigenvalue weighted by Gasteiger charge is -2.15. The van der Waals surface area contributed by atoms with Gasteiger partial charge in [0.2, 0.25) is 0 Å². The van der Waals surface area contributed by atoms with Crippen molar-refractivity contribution in [3.63, 3.8) is 0 Å². The number of hydrogen-bond acceptors (Lipinski definition) is 3. The van der Waals surface area contributed by atoms with E-state index in [1.807, 2.05) is 13.0 Å². The van der Waals surface area contributed by atoms with Crippen molar-refractivity contribution in [3.8, 4) is 0 Å². The minimum Gasteiger partial charge on any atom is -0.462 e. The van der Waals surface area contributed by atoms with E-state index >= 15 is 0 Å². The molecule has 0 aromatic heterocycles. The Balaban J connectivity index is 3.33. The summed E-state index contributed by atoms with van der Waals surface area (Å²) in [5.41, 5.74) is 1.48. The lowest BCUT2D eigenvalue weighted by Crippen LogP contribution is -2.24. The minimum atomic E-state index is -0.274. The third kappa shape index (κ3) is 13.8. The van der Waals surface area contributed by atoms with Crippen LogP contribution in [0, 0.1) is 0 Å². The van der Waals surface area contributed by atoms with Crippen LogP contribution in [0.4, 0.5) is 0 Å². The summed E-state index contributed by atoms with van der Waals surface area (Å²) in [4.78, 5) is 11.2. The molecule has 1 unspecified atom stereocenters. The SMILES string of the molecule is C=CC(CCCCCCCCCCOC(=O)C(=C)C)NC(=C)C. The molecule has 0 aliphatic rings. The van der Waals surface area contributed by atoms with Crippen LogP contribution in [0.15, 0.2) is 37.1 Å². The highest BCUT2D eigenvalue weighted by molar-refractivity contribution is 5.86. The van der Waals surface area contributed by atoms with Crippen LogP contribution in [0.25, 0.3) is 0 Å². The van der Waals surface area contributed by atoms with Gasteiger partial charge in [0.25, 0.3) is 0 Å². The largest absolute Gasteiger partial charge is 0.462 e. The average molecular weight is 322 g/mol. The zero-order valence-electron chi connectivity index (χ0n) is 15.2. The van der Waals surface area contributed by atoms with Gasteiger partial charge in [-0.15, -0.1) is 6.58 Å². The van der Waals surface area contributed by atoms with Crippen LogP contribution in [-0.2, 0) is 9.53 Å². The van der Waals surface area contributed by atoms with Gasteiger partial charge in [-0.2, -0.15) is 0 Å². The molecule has 132 valence electrons. The van der Waals surface area contributed by atoms with Gasteiger partial charge in [0, 0.05) is 17.3 Å². The Hall–Kier alpha value is -1.51. The Kier molecular flexibility index (Phi) is 13.2. The molecule has 23 heavy (non-hydrogen) atoms. The number of esters is 1. The van der Waals surface area contributed by atoms with E-state index in [1.165, 1.54) is 38.5 Å². The van der Waals surface area contributed by atoms with E-state index in [9.17, 15) is 4.79 Å². The number of carbonyl (C=O) groups is 1. The molecule has 0 fully saturated rings. The lowest BCUT2D eigenvalue weighted by molar-refractivity contribution is -0.139. The molecule has 3 heteroatoms. The fourth-order valence-corrected chi connectivity index (χ4v) is 2.38. The predicted octanol–water partition coefficient (Wildman–Crippen LogP) is 5.29. The summed E-state index contributed by atoms with van der Waals surface area (Å²) in [7, 11) is 0. The van der Waals surface area contributed by atoms with Crippen LogP contribution in [0.2, 0.25) is 0 Å². The van der Waals surface area contributed by atoms with Crippen LogP contribution in [0.3, 0.4) is 0 Å². The van der Waals surface area contributed by atoms with Gasteiger partial charge in [-0.25, -0.2) is 4.79 Å². The summed E-state index contributed by atoms with van der Waals surface area (Å²) < 4.78 is 5.06. The highest BCUT2D eigenvalue weighted by Gasteiger charge is 2.03. The smallest absolute Gasteiger partial charge is 0.333 e. The quantitative estimate of drug-likeness (QED) is 0.193.